The second-order valence-corrected chi connectivity index (χ2v) is 5.27. The highest BCUT2D eigenvalue weighted by Crippen LogP contribution is 1.87. The fourth-order valence-corrected chi connectivity index (χ4v) is 1.83. The molecule has 0 rings (SSSR count). The SMILES string of the molecule is CCCOCCOCCOCCOCCO[Si]CCC. The van der Waals surface area contributed by atoms with Crippen molar-refractivity contribution < 1.29 is 23.4 Å². The van der Waals surface area contributed by atoms with Crippen LogP contribution in [0.5, 0.6) is 0 Å². The fourth-order valence-electron chi connectivity index (χ4n) is 1.25. The molecule has 0 heterocycles. The molecule has 6 heteroatoms. The van der Waals surface area contributed by atoms with Gasteiger partial charge in [-0.15, -0.1) is 0 Å². The predicted molar refractivity (Wildman–Crippen MR) is 80.4 cm³/mol. The Hall–Kier alpha value is 0.0169. The molecule has 0 aliphatic heterocycles. The third-order valence-electron chi connectivity index (χ3n) is 2.25. The van der Waals surface area contributed by atoms with E-state index in [0.29, 0.717) is 62.6 Å². The summed E-state index contributed by atoms with van der Waals surface area (Å²) in [4.78, 5) is 0. The maximum Gasteiger partial charge on any atom is 0.229 e. The summed E-state index contributed by atoms with van der Waals surface area (Å²) in [7, 11) is 0.606. The summed E-state index contributed by atoms with van der Waals surface area (Å²) in [6, 6.07) is 1.15. The van der Waals surface area contributed by atoms with Crippen LogP contribution in [0.3, 0.4) is 0 Å². The molecule has 0 spiro atoms. The molecule has 0 saturated heterocycles. The summed E-state index contributed by atoms with van der Waals surface area (Å²) < 4.78 is 26.8. The van der Waals surface area contributed by atoms with Gasteiger partial charge in [0.1, 0.15) is 0 Å². The van der Waals surface area contributed by atoms with E-state index in [1.165, 1.54) is 6.42 Å². The van der Waals surface area contributed by atoms with Gasteiger partial charge in [-0.05, 0) is 12.5 Å². The summed E-state index contributed by atoms with van der Waals surface area (Å²) in [5.41, 5.74) is 0. The van der Waals surface area contributed by atoms with Gasteiger partial charge in [-0.3, -0.25) is 0 Å². The van der Waals surface area contributed by atoms with Gasteiger partial charge in [0.15, 0.2) is 0 Å². The van der Waals surface area contributed by atoms with E-state index in [-0.39, 0.29) is 0 Å². The van der Waals surface area contributed by atoms with Crippen molar-refractivity contribution in [3.8, 4) is 0 Å². The highest BCUT2D eigenvalue weighted by molar-refractivity contribution is 6.26. The van der Waals surface area contributed by atoms with E-state index in [9.17, 15) is 0 Å². The lowest BCUT2D eigenvalue weighted by atomic mass is 10.5. The summed E-state index contributed by atoms with van der Waals surface area (Å²) >= 11 is 0. The second-order valence-electron chi connectivity index (χ2n) is 4.19. The van der Waals surface area contributed by atoms with Crippen molar-refractivity contribution in [1.29, 1.82) is 0 Å². The molecule has 0 aromatic rings. The first-order valence-electron chi connectivity index (χ1n) is 7.57. The lowest BCUT2D eigenvalue weighted by Crippen LogP contribution is -2.13. The van der Waals surface area contributed by atoms with Gasteiger partial charge in [0, 0.05) is 6.61 Å². The van der Waals surface area contributed by atoms with E-state index in [1.807, 2.05) is 0 Å². The standard InChI is InChI=1S/C14H30O5Si/c1-3-5-15-6-7-16-8-9-17-10-11-18-12-13-19-20-14-4-2/h3-14H2,1-2H3. The van der Waals surface area contributed by atoms with Crippen molar-refractivity contribution in [1.82, 2.24) is 0 Å². The first-order chi connectivity index (χ1) is 9.91. The molecule has 0 atom stereocenters. The molecule has 0 aliphatic carbocycles. The van der Waals surface area contributed by atoms with Crippen molar-refractivity contribution in [3.63, 3.8) is 0 Å². The molecule has 0 aromatic heterocycles. The lowest BCUT2D eigenvalue weighted by molar-refractivity contribution is -0.00443. The van der Waals surface area contributed by atoms with Crippen LogP contribution in [0.4, 0.5) is 0 Å². The number of rotatable bonds is 17. The zero-order valence-corrected chi connectivity index (χ0v) is 14.0. The maximum atomic E-state index is 5.40. The van der Waals surface area contributed by atoms with Crippen LogP contribution >= 0.6 is 0 Å². The van der Waals surface area contributed by atoms with Gasteiger partial charge in [0.05, 0.1) is 52.9 Å². The molecular weight excluding hydrogens is 276 g/mol. The third-order valence-corrected chi connectivity index (χ3v) is 3.36. The zero-order valence-electron chi connectivity index (χ0n) is 13.0. The molecular formula is C14H30O5Si. The number of hydrogen-bond acceptors (Lipinski definition) is 5. The van der Waals surface area contributed by atoms with Crippen LogP contribution in [0.2, 0.25) is 6.04 Å². The number of ether oxygens (including phenoxy) is 4. The van der Waals surface area contributed by atoms with Crippen molar-refractivity contribution in [2.45, 2.75) is 32.7 Å². The minimum absolute atomic E-state index is 0.603. The largest absolute Gasteiger partial charge is 0.415 e. The zero-order chi connectivity index (χ0) is 14.7. The quantitative estimate of drug-likeness (QED) is 0.303. The van der Waals surface area contributed by atoms with Gasteiger partial charge in [-0.25, -0.2) is 0 Å². The highest BCUT2D eigenvalue weighted by atomic mass is 28.2. The van der Waals surface area contributed by atoms with Gasteiger partial charge in [0.25, 0.3) is 0 Å². The normalized spacial score (nSPS) is 11.1. The van der Waals surface area contributed by atoms with Crippen LogP contribution in [-0.4, -0.2) is 69.2 Å². The van der Waals surface area contributed by atoms with E-state index in [2.05, 4.69) is 13.8 Å². The Morgan fingerprint density at radius 2 is 1.00 bits per heavy atom. The maximum absolute atomic E-state index is 5.40. The molecule has 0 bridgehead atoms. The van der Waals surface area contributed by atoms with Crippen LogP contribution < -0.4 is 0 Å². The smallest absolute Gasteiger partial charge is 0.229 e. The predicted octanol–water partition coefficient (Wildman–Crippen LogP) is 1.93. The van der Waals surface area contributed by atoms with Gasteiger partial charge in [-0.1, -0.05) is 20.3 Å². The summed E-state index contributed by atoms with van der Waals surface area (Å²) in [5, 5.41) is 0. The number of hydrogen-bond donors (Lipinski definition) is 0. The molecule has 120 valence electrons. The minimum Gasteiger partial charge on any atom is -0.415 e. The van der Waals surface area contributed by atoms with Gasteiger partial charge in [0.2, 0.25) is 9.76 Å². The molecule has 0 amide bonds. The molecule has 0 unspecified atom stereocenters. The molecule has 0 aliphatic rings. The average Bonchev–Trinajstić information content (AvgIpc) is 2.47. The molecule has 0 saturated carbocycles. The van der Waals surface area contributed by atoms with Crippen molar-refractivity contribution in [2.75, 3.05) is 59.5 Å². The Kier molecular flexibility index (Phi) is 19.0. The summed E-state index contributed by atoms with van der Waals surface area (Å²) in [6.07, 6.45) is 2.23. The van der Waals surface area contributed by atoms with Crippen LogP contribution in [0.15, 0.2) is 0 Å². The van der Waals surface area contributed by atoms with E-state index in [1.54, 1.807) is 0 Å². The fraction of sp³-hybridized carbons (Fsp3) is 1.00. The van der Waals surface area contributed by atoms with Crippen LogP contribution in [0.1, 0.15) is 26.7 Å². The molecule has 0 aromatic carbocycles. The first kappa shape index (κ1) is 20.0. The van der Waals surface area contributed by atoms with Crippen molar-refractivity contribution in [3.05, 3.63) is 0 Å². The van der Waals surface area contributed by atoms with E-state index in [0.717, 1.165) is 19.1 Å². The van der Waals surface area contributed by atoms with Crippen LogP contribution in [0.25, 0.3) is 0 Å². The summed E-state index contributed by atoms with van der Waals surface area (Å²) in [6.45, 7) is 10.1. The Labute approximate surface area is 126 Å². The van der Waals surface area contributed by atoms with Crippen LogP contribution in [-0.2, 0) is 23.4 Å². The molecule has 5 nitrogen and oxygen atoms in total. The highest BCUT2D eigenvalue weighted by Gasteiger charge is 1.93. The molecule has 20 heavy (non-hydrogen) atoms. The van der Waals surface area contributed by atoms with Gasteiger partial charge >= 0.3 is 0 Å². The van der Waals surface area contributed by atoms with Crippen molar-refractivity contribution >= 4 is 9.76 Å². The van der Waals surface area contributed by atoms with Crippen LogP contribution in [0, 0.1) is 0 Å². The van der Waals surface area contributed by atoms with Gasteiger partial charge in [-0.2, -0.15) is 0 Å². The Bertz CT molecular complexity index is 154. The Morgan fingerprint density at radius 1 is 0.550 bits per heavy atom. The second kappa shape index (κ2) is 19.0. The molecule has 0 fully saturated rings. The average molecular weight is 306 g/mol. The topological polar surface area (TPSA) is 46.2 Å². The van der Waals surface area contributed by atoms with E-state index in [4.69, 9.17) is 23.4 Å². The Morgan fingerprint density at radius 3 is 1.45 bits per heavy atom. The monoisotopic (exact) mass is 306 g/mol. The first-order valence-corrected chi connectivity index (χ1v) is 8.69. The lowest BCUT2D eigenvalue weighted by Gasteiger charge is -2.07. The Balaban J connectivity index is 2.89. The minimum atomic E-state index is 0.603. The molecule has 0 N–H and O–H groups in total. The van der Waals surface area contributed by atoms with E-state index >= 15 is 0 Å². The summed E-state index contributed by atoms with van der Waals surface area (Å²) in [5.74, 6) is 0. The molecule has 2 radical (unpaired) electrons. The van der Waals surface area contributed by atoms with E-state index < -0.39 is 0 Å². The van der Waals surface area contributed by atoms with Crippen molar-refractivity contribution in [2.24, 2.45) is 0 Å². The van der Waals surface area contributed by atoms with Gasteiger partial charge < -0.3 is 23.4 Å². The third kappa shape index (κ3) is 18.0.